The van der Waals surface area contributed by atoms with E-state index in [1.54, 1.807) is 0 Å². The molecule has 1 aromatic heterocycles. The molecule has 0 aliphatic heterocycles. The Bertz CT molecular complexity index is 790. The van der Waals surface area contributed by atoms with Crippen LogP contribution >= 0.6 is 69.3 Å². The maximum Gasteiger partial charge on any atom is 0.0808 e. The van der Waals surface area contributed by atoms with Gasteiger partial charge in [0.2, 0.25) is 0 Å². The van der Waals surface area contributed by atoms with E-state index < -0.39 is 0 Å². The van der Waals surface area contributed by atoms with Crippen molar-refractivity contribution in [2.24, 2.45) is 0 Å². The summed E-state index contributed by atoms with van der Waals surface area (Å²) in [5.74, 6) is 0. The summed E-state index contributed by atoms with van der Waals surface area (Å²) in [5.41, 5.74) is 0. The van der Waals surface area contributed by atoms with E-state index in [0.717, 1.165) is 20.2 Å². The second kappa shape index (κ2) is 4.59. The minimum absolute atomic E-state index is 0.274. The van der Waals surface area contributed by atoms with Crippen molar-refractivity contribution in [2.75, 3.05) is 0 Å². The van der Waals surface area contributed by atoms with E-state index in [1.807, 2.05) is 18.2 Å². The van der Waals surface area contributed by atoms with Crippen LogP contribution in [-0.2, 0) is 0 Å². The summed E-state index contributed by atoms with van der Waals surface area (Å²) < 4.78 is 1.73. The Morgan fingerprint density at radius 3 is 2.11 bits per heavy atom. The lowest BCUT2D eigenvalue weighted by molar-refractivity contribution is 1.82. The lowest BCUT2D eigenvalue weighted by atomic mass is 10.1. The van der Waals surface area contributed by atoms with Crippen LogP contribution in [0, 0.1) is 0 Å². The van der Waals surface area contributed by atoms with Crippen LogP contribution in [0.15, 0.2) is 18.2 Å². The van der Waals surface area contributed by atoms with Gasteiger partial charge in [0.15, 0.2) is 0 Å². The fourth-order valence-corrected chi connectivity index (χ4v) is 4.49. The molecule has 0 saturated heterocycles. The van der Waals surface area contributed by atoms with Crippen molar-refractivity contribution in [1.29, 1.82) is 0 Å². The van der Waals surface area contributed by atoms with Gasteiger partial charge in [0, 0.05) is 10.8 Å². The first-order valence-electron chi connectivity index (χ1n) is 4.85. The van der Waals surface area contributed by atoms with Crippen LogP contribution in [0.5, 0.6) is 0 Å². The summed E-state index contributed by atoms with van der Waals surface area (Å²) in [4.78, 5) is 0. The van der Waals surface area contributed by atoms with E-state index in [9.17, 15) is 0 Å². The molecular weight excluding hydrogens is 353 g/mol. The third kappa shape index (κ3) is 1.73. The number of thiophene rings is 1. The van der Waals surface area contributed by atoms with E-state index in [0.29, 0.717) is 15.1 Å². The average Bonchev–Trinajstić information content (AvgIpc) is 2.75. The van der Waals surface area contributed by atoms with Gasteiger partial charge in [-0.2, -0.15) is 0 Å². The highest BCUT2D eigenvalue weighted by atomic mass is 35.5. The molecule has 3 rings (SSSR count). The van der Waals surface area contributed by atoms with Gasteiger partial charge in [0.1, 0.15) is 0 Å². The van der Waals surface area contributed by atoms with Crippen molar-refractivity contribution < 1.29 is 0 Å². The molecule has 0 bridgehead atoms. The monoisotopic (exact) mass is 354 g/mol. The molecule has 2 aromatic carbocycles. The number of halogens is 5. The highest BCUT2D eigenvalue weighted by molar-refractivity contribution is 7.27. The Kier molecular flexibility index (Phi) is 3.34. The number of rotatable bonds is 0. The molecule has 0 atom stereocenters. The predicted octanol–water partition coefficient (Wildman–Crippen LogP) is 7.32. The Labute approximate surface area is 132 Å². The molecule has 0 unspecified atom stereocenters. The van der Waals surface area contributed by atoms with Crippen LogP contribution < -0.4 is 0 Å². The number of fused-ring (bicyclic) bond motifs is 3. The van der Waals surface area contributed by atoms with Crippen LogP contribution in [0.4, 0.5) is 0 Å². The van der Waals surface area contributed by atoms with Gasteiger partial charge >= 0.3 is 0 Å². The van der Waals surface area contributed by atoms with E-state index in [1.165, 1.54) is 11.3 Å². The third-order valence-electron chi connectivity index (χ3n) is 2.66. The third-order valence-corrected chi connectivity index (χ3v) is 6.26. The Morgan fingerprint density at radius 1 is 0.722 bits per heavy atom. The molecule has 0 N–H and O–H groups in total. The zero-order valence-electron chi connectivity index (χ0n) is 8.53. The van der Waals surface area contributed by atoms with Gasteiger partial charge in [-0.3, -0.25) is 0 Å². The highest BCUT2D eigenvalue weighted by Crippen LogP contribution is 2.50. The second-order valence-corrected chi connectivity index (χ2v) is 6.62. The average molecular weight is 356 g/mol. The fourth-order valence-electron chi connectivity index (χ4n) is 1.86. The minimum Gasteiger partial charge on any atom is -0.132 e. The lowest BCUT2D eigenvalue weighted by Gasteiger charge is -2.04. The maximum atomic E-state index is 6.26. The highest BCUT2D eigenvalue weighted by Gasteiger charge is 2.19. The van der Waals surface area contributed by atoms with Gasteiger partial charge in [-0.25, -0.2) is 0 Å². The molecule has 0 radical (unpaired) electrons. The summed E-state index contributed by atoms with van der Waals surface area (Å²) in [6, 6.07) is 5.63. The molecule has 18 heavy (non-hydrogen) atoms. The van der Waals surface area contributed by atoms with E-state index in [-0.39, 0.29) is 10.0 Å². The minimum atomic E-state index is 0.274. The van der Waals surface area contributed by atoms with Crippen LogP contribution in [0.25, 0.3) is 20.2 Å². The molecular formula is C12H3Cl5S. The van der Waals surface area contributed by atoms with E-state index in [2.05, 4.69) is 0 Å². The quantitative estimate of drug-likeness (QED) is 0.292. The van der Waals surface area contributed by atoms with Crippen molar-refractivity contribution in [2.45, 2.75) is 0 Å². The zero-order chi connectivity index (χ0) is 13.0. The lowest BCUT2D eigenvalue weighted by Crippen LogP contribution is -1.77. The SMILES string of the molecule is Clc1c(Cl)c(Cl)c2c(sc3c(Cl)cccc32)c1Cl. The van der Waals surface area contributed by atoms with Crippen LogP contribution in [-0.4, -0.2) is 0 Å². The standard InChI is InChI=1S/C12H3Cl5S/c13-5-3-1-2-4-6-7(14)8(15)9(16)10(17)12(6)18-11(4)5/h1-3H. The fraction of sp³-hybridized carbons (Fsp3) is 0. The molecule has 0 aliphatic rings. The molecule has 92 valence electrons. The van der Waals surface area contributed by atoms with Crippen LogP contribution in [0.2, 0.25) is 25.1 Å². The summed E-state index contributed by atoms with van der Waals surface area (Å²) >= 11 is 32.3. The topological polar surface area (TPSA) is 0 Å². The summed E-state index contributed by atoms with van der Waals surface area (Å²) in [7, 11) is 0. The summed E-state index contributed by atoms with van der Waals surface area (Å²) in [6.07, 6.45) is 0. The molecule has 3 aromatic rings. The van der Waals surface area contributed by atoms with Crippen LogP contribution in [0.3, 0.4) is 0 Å². The van der Waals surface area contributed by atoms with Gasteiger partial charge in [-0.15, -0.1) is 11.3 Å². The first-order valence-corrected chi connectivity index (χ1v) is 7.55. The second-order valence-electron chi connectivity index (χ2n) is 3.68. The van der Waals surface area contributed by atoms with Crippen molar-refractivity contribution in [3.05, 3.63) is 43.3 Å². The van der Waals surface area contributed by atoms with Gasteiger partial charge in [0.05, 0.1) is 34.5 Å². The van der Waals surface area contributed by atoms with Gasteiger partial charge in [0.25, 0.3) is 0 Å². The van der Waals surface area contributed by atoms with Crippen molar-refractivity contribution in [1.82, 2.24) is 0 Å². The molecule has 0 saturated carbocycles. The maximum absolute atomic E-state index is 6.26. The summed E-state index contributed by atoms with van der Waals surface area (Å²) in [5, 5.41) is 3.78. The molecule has 0 nitrogen and oxygen atoms in total. The van der Waals surface area contributed by atoms with E-state index in [4.69, 9.17) is 58.0 Å². The molecule has 0 aliphatic carbocycles. The van der Waals surface area contributed by atoms with E-state index >= 15 is 0 Å². The Morgan fingerprint density at radius 2 is 1.39 bits per heavy atom. The van der Waals surface area contributed by atoms with Crippen molar-refractivity contribution in [3.63, 3.8) is 0 Å². The van der Waals surface area contributed by atoms with Gasteiger partial charge in [-0.1, -0.05) is 70.1 Å². The van der Waals surface area contributed by atoms with Gasteiger partial charge in [-0.05, 0) is 6.07 Å². The summed E-state index contributed by atoms with van der Waals surface area (Å²) in [6.45, 7) is 0. The van der Waals surface area contributed by atoms with Crippen molar-refractivity contribution in [3.8, 4) is 0 Å². The predicted molar refractivity (Wildman–Crippen MR) is 84.4 cm³/mol. The molecule has 0 spiro atoms. The molecule has 0 fully saturated rings. The Hall–Kier alpha value is 0.110. The molecule has 6 heteroatoms. The first kappa shape index (κ1) is 13.1. The smallest absolute Gasteiger partial charge is 0.0808 e. The molecule has 0 amide bonds. The van der Waals surface area contributed by atoms with Crippen molar-refractivity contribution >= 4 is 89.5 Å². The normalized spacial score (nSPS) is 11.6. The number of hydrogen-bond donors (Lipinski definition) is 0. The number of hydrogen-bond acceptors (Lipinski definition) is 1. The first-order chi connectivity index (χ1) is 8.52. The number of benzene rings is 2. The Balaban J connectivity index is 2.67. The zero-order valence-corrected chi connectivity index (χ0v) is 13.1. The molecule has 1 heterocycles. The largest absolute Gasteiger partial charge is 0.132 e. The van der Waals surface area contributed by atoms with Gasteiger partial charge < -0.3 is 0 Å². The van der Waals surface area contributed by atoms with Crippen LogP contribution in [0.1, 0.15) is 0 Å².